The van der Waals surface area contributed by atoms with Gasteiger partial charge in [-0.1, -0.05) is 24.3 Å². The molecule has 0 bridgehead atoms. The standard InChI is InChI=1S/C14H15N3O2/c1-3-9-17(4-2)14(19)12-10-7-5-6-8-11(10)13(18)16-15-12/h3,5-8H,1,4,9H2,2H3,(H,16,18). The average Bonchev–Trinajstić information content (AvgIpc) is 2.45. The molecule has 1 N–H and O–H groups in total. The molecule has 2 rings (SSSR count). The van der Waals surface area contributed by atoms with E-state index in [0.29, 0.717) is 23.9 Å². The van der Waals surface area contributed by atoms with Crippen LogP contribution < -0.4 is 5.56 Å². The van der Waals surface area contributed by atoms with Crippen LogP contribution in [0.25, 0.3) is 10.8 Å². The van der Waals surface area contributed by atoms with Crippen LogP contribution in [-0.4, -0.2) is 34.1 Å². The Labute approximate surface area is 110 Å². The summed E-state index contributed by atoms with van der Waals surface area (Å²) < 4.78 is 0. The van der Waals surface area contributed by atoms with Gasteiger partial charge in [0.25, 0.3) is 11.5 Å². The van der Waals surface area contributed by atoms with E-state index in [-0.39, 0.29) is 17.2 Å². The van der Waals surface area contributed by atoms with Gasteiger partial charge in [0, 0.05) is 18.5 Å². The van der Waals surface area contributed by atoms with Crippen molar-refractivity contribution in [2.45, 2.75) is 6.92 Å². The van der Waals surface area contributed by atoms with Crippen molar-refractivity contribution in [1.82, 2.24) is 15.1 Å². The highest BCUT2D eigenvalue weighted by Crippen LogP contribution is 2.14. The minimum atomic E-state index is -0.293. The number of likely N-dealkylation sites (N-methyl/N-ethyl adjacent to an activating group) is 1. The zero-order chi connectivity index (χ0) is 13.8. The van der Waals surface area contributed by atoms with Crippen molar-refractivity contribution in [2.24, 2.45) is 0 Å². The molecule has 98 valence electrons. The molecule has 0 aliphatic heterocycles. The Morgan fingerprint density at radius 3 is 2.74 bits per heavy atom. The van der Waals surface area contributed by atoms with E-state index in [4.69, 9.17) is 0 Å². The molecular weight excluding hydrogens is 242 g/mol. The normalized spacial score (nSPS) is 10.4. The molecule has 0 atom stereocenters. The topological polar surface area (TPSA) is 66.1 Å². The van der Waals surface area contributed by atoms with Crippen LogP contribution >= 0.6 is 0 Å². The Morgan fingerprint density at radius 1 is 1.42 bits per heavy atom. The summed E-state index contributed by atoms with van der Waals surface area (Å²) in [5.41, 5.74) is -0.0298. The van der Waals surface area contributed by atoms with Crippen molar-refractivity contribution < 1.29 is 4.79 Å². The second-order valence-electron chi connectivity index (χ2n) is 4.08. The molecule has 5 nitrogen and oxygen atoms in total. The monoisotopic (exact) mass is 257 g/mol. The lowest BCUT2D eigenvalue weighted by atomic mass is 10.1. The van der Waals surface area contributed by atoms with Gasteiger partial charge in [-0.25, -0.2) is 5.10 Å². The summed E-state index contributed by atoms with van der Waals surface area (Å²) in [6, 6.07) is 6.94. The molecule has 19 heavy (non-hydrogen) atoms. The van der Waals surface area contributed by atoms with Gasteiger partial charge in [-0.2, -0.15) is 5.10 Å². The average molecular weight is 257 g/mol. The van der Waals surface area contributed by atoms with Crippen LogP contribution in [0.4, 0.5) is 0 Å². The van der Waals surface area contributed by atoms with Gasteiger partial charge in [0.1, 0.15) is 0 Å². The maximum absolute atomic E-state index is 12.4. The third-order valence-corrected chi connectivity index (χ3v) is 2.92. The number of nitrogens with one attached hydrogen (secondary N) is 1. The lowest BCUT2D eigenvalue weighted by Gasteiger charge is -2.18. The van der Waals surface area contributed by atoms with Crippen LogP contribution in [0.5, 0.6) is 0 Å². The van der Waals surface area contributed by atoms with E-state index in [1.807, 2.05) is 6.92 Å². The highest BCUT2D eigenvalue weighted by atomic mass is 16.2. The minimum absolute atomic E-state index is 0.213. The molecule has 0 radical (unpaired) electrons. The van der Waals surface area contributed by atoms with E-state index in [9.17, 15) is 9.59 Å². The second-order valence-corrected chi connectivity index (χ2v) is 4.08. The molecule has 2 aromatic rings. The maximum atomic E-state index is 12.4. The fourth-order valence-electron chi connectivity index (χ4n) is 1.94. The van der Waals surface area contributed by atoms with E-state index in [1.54, 1.807) is 35.2 Å². The van der Waals surface area contributed by atoms with Crippen molar-refractivity contribution in [1.29, 1.82) is 0 Å². The van der Waals surface area contributed by atoms with Crippen LogP contribution in [0.1, 0.15) is 17.4 Å². The van der Waals surface area contributed by atoms with Crippen LogP contribution in [0.3, 0.4) is 0 Å². The molecular formula is C14H15N3O2. The summed E-state index contributed by atoms with van der Waals surface area (Å²) >= 11 is 0. The van der Waals surface area contributed by atoms with E-state index in [2.05, 4.69) is 16.8 Å². The Kier molecular flexibility index (Phi) is 3.75. The molecule has 0 saturated carbocycles. The fourth-order valence-corrected chi connectivity index (χ4v) is 1.94. The Morgan fingerprint density at radius 2 is 2.11 bits per heavy atom. The van der Waals surface area contributed by atoms with Crippen molar-refractivity contribution in [3.63, 3.8) is 0 Å². The second kappa shape index (κ2) is 5.48. The van der Waals surface area contributed by atoms with Crippen LogP contribution in [0.15, 0.2) is 41.7 Å². The number of rotatable bonds is 4. The molecule has 1 heterocycles. The number of carbonyl (C=O) groups is 1. The number of aromatic amines is 1. The Bertz CT molecular complexity index is 676. The number of nitrogens with zero attached hydrogens (tertiary/aromatic N) is 2. The molecule has 0 aliphatic carbocycles. The quantitative estimate of drug-likeness (QED) is 0.845. The Balaban J connectivity index is 2.57. The van der Waals surface area contributed by atoms with Crippen molar-refractivity contribution in [2.75, 3.05) is 13.1 Å². The molecule has 1 aromatic heterocycles. The van der Waals surface area contributed by atoms with E-state index >= 15 is 0 Å². The van der Waals surface area contributed by atoms with E-state index < -0.39 is 0 Å². The number of carbonyl (C=O) groups excluding carboxylic acids is 1. The summed E-state index contributed by atoms with van der Waals surface area (Å²) in [5, 5.41) is 7.30. The fraction of sp³-hybridized carbons (Fsp3) is 0.214. The first-order valence-electron chi connectivity index (χ1n) is 6.06. The molecule has 0 unspecified atom stereocenters. The molecule has 1 aromatic carbocycles. The minimum Gasteiger partial charge on any atom is -0.334 e. The first-order chi connectivity index (χ1) is 9.19. The zero-order valence-electron chi connectivity index (χ0n) is 10.7. The third-order valence-electron chi connectivity index (χ3n) is 2.92. The highest BCUT2D eigenvalue weighted by Gasteiger charge is 2.18. The molecule has 0 spiro atoms. The first kappa shape index (κ1) is 13.0. The number of hydrogen-bond donors (Lipinski definition) is 1. The summed E-state index contributed by atoms with van der Waals surface area (Å²) in [7, 11) is 0. The summed E-state index contributed by atoms with van der Waals surface area (Å²) in [6.07, 6.45) is 1.66. The number of fused-ring (bicyclic) bond motifs is 1. The number of H-pyrrole nitrogens is 1. The van der Waals surface area contributed by atoms with Gasteiger partial charge in [0.15, 0.2) is 5.69 Å². The Hall–Kier alpha value is -2.43. The van der Waals surface area contributed by atoms with Gasteiger partial charge in [-0.3, -0.25) is 9.59 Å². The van der Waals surface area contributed by atoms with Crippen molar-refractivity contribution in [3.8, 4) is 0 Å². The third kappa shape index (κ3) is 2.40. The summed E-state index contributed by atoms with van der Waals surface area (Å²) in [5.74, 6) is -0.213. The molecule has 0 fully saturated rings. The van der Waals surface area contributed by atoms with Gasteiger partial charge in [0.2, 0.25) is 0 Å². The largest absolute Gasteiger partial charge is 0.334 e. The van der Waals surface area contributed by atoms with Crippen LogP contribution in [0.2, 0.25) is 0 Å². The SMILES string of the molecule is C=CCN(CC)C(=O)c1n[nH]c(=O)c2ccccc12. The van der Waals surface area contributed by atoms with E-state index in [0.717, 1.165) is 0 Å². The molecule has 5 heteroatoms. The van der Waals surface area contributed by atoms with Gasteiger partial charge < -0.3 is 4.90 Å². The smallest absolute Gasteiger partial charge is 0.275 e. The van der Waals surface area contributed by atoms with Gasteiger partial charge in [0.05, 0.1) is 5.39 Å². The predicted octanol–water partition coefficient (Wildman–Crippen LogP) is 1.57. The molecule has 0 saturated heterocycles. The molecule has 0 aliphatic rings. The summed E-state index contributed by atoms with van der Waals surface area (Å²) in [6.45, 7) is 6.52. The van der Waals surface area contributed by atoms with Gasteiger partial charge >= 0.3 is 0 Å². The highest BCUT2D eigenvalue weighted by molar-refractivity contribution is 6.04. The first-order valence-corrected chi connectivity index (χ1v) is 6.06. The number of benzene rings is 1. The summed E-state index contributed by atoms with van der Waals surface area (Å²) in [4.78, 5) is 25.7. The lowest BCUT2D eigenvalue weighted by molar-refractivity contribution is 0.0777. The lowest BCUT2D eigenvalue weighted by Crippen LogP contribution is -2.32. The number of hydrogen-bond acceptors (Lipinski definition) is 3. The predicted molar refractivity (Wildman–Crippen MR) is 74.1 cm³/mol. The van der Waals surface area contributed by atoms with Crippen LogP contribution in [0, 0.1) is 0 Å². The van der Waals surface area contributed by atoms with E-state index in [1.165, 1.54) is 0 Å². The number of amides is 1. The molecule has 1 amide bonds. The van der Waals surface area contributed by atoms with Crippen LogP contribution in [-0.2, 0) is 0 Å². The van der Waals surface area contributed by atoms with Crippen molar-refractivity contribution in [3.05, 3.63) is 53.0 Å². The number of aromatic nitrogens is 2. The van der Waals surface area contributed by atoms with Gasteiger partial charge in [-0.15, -0.1) is 6.58 Å². The maximum Gasteiger partial charge on any atom is 0.275 e. The van der Waals surface area contributed by atoms with Crippen molar-refractivity contribution >= 4 is 16.7 Å². The zero-order valence-corrected chi connectivity index (χ0v) is 10.7. The van der Waals surface area contributed by atoms with Gasteiger partial charge in [-0.05, 0) is 13.0 Å².